The van der Waals surface area contributed by atoms with Gasteiger partial charge >= 0.3 is 0 Å². The van der Waals surface area contributed by atoms with Crippen LogP contribution in [0.15, 0.2) is 18.3 Å². The fourth-order valence-electron chi connectivity index (χ4n) is 1.39. The number of ketones is 1. The van der Waals surface area contributed by atoms with Crippen LogP contribution in [0.4, 0.5) is 0 Å². The molecule has 0 N–H and O–H groups in total. The molecule has 0 aliphatic heterocycles. The zero-order chi connectivity index (χ0) is 9.84. The number of hydrogen-bond acceptors (Lipinski definition) is 2. The summed E-state index contributed by atoms with van der Waals surface area (Å²) in [7, 11) is 0. The van der Waals surface area contributed by atoms with Crippen molar-refractivity contribution in [1.29, 1.82) is 5.26 Å². The Morgan fingerprint density at radius 1 is 1.77 bits per heavy atom. The predicted molar refractivity (Wildman–Crippen MR) is 49.2 cm³/mol. The predicted octanol–water partition coefficient (Wildman–Crippen LogP) is 1.90. The summed E-state index contributed by atoms with van der Waals surface area (Å²) in [6.07, 6.45) is 2.30. The number of nitrogens with zero attached hydrogens (tertiary/aromatic N) is 2. The van der Waals surface area contributed by atoms with Crippen molar-refractivity contribution in [2.45, 2.75) is 26.3 Å². The van der Waals surface area contributed by atoms with E-state index in [-0.39, 0.29) is 11.8 Å². The Kier molecular flexibility index (Phi) is 2.86. The molecule has 0 aliphatic rings. The molecule has 3 nitrogen and oxygen atoms in total. The van der Waals surface area contributed by atoms with Crippen molar-refractivity contribution in [3.63, 3.8) is 0 Å². The first-order valence-electron chi connectivity index (χ1n) is 4.21. The zero-order valence-electron chi connectivity index (χ0n) is 7.82. The van der Waals surface area contributed by atoms with E-state index in [1.807, 2.05) is 23.8 Å². The minimum absolute atomic E-state index is 0.0714. The van der Waals surface area contributed by atoms with Gasteiger partial charge in [-0.15, -0.1) is 0 Å². The van der Waals surface area contributed by atoms with E-state index >= 15 is 0 Å². The molecule has 68 valence electrons. The summed E-state index contributed by atoms with van der Waals surface area (Å²) in [5.74, 6) is 0.144. The Hall–Kier alpha value is -1.56. The second kappa shape index (κ2) is 3.90. The van der Waals surface area contributed by atoms with Gasteiger partial charge in [0.2, 0.25) is 0 Å². The molecule has 0 amide bonds. The maximum absolute atomic E-state index is 10.9. The molecule has 0 radical (unpaired) electrons. The zero-order valence-corrected chi connectivity index (χ0v) is 7.82. The summed E-state index contributed by atoms with van der Waals surface area (Å²) in [6.45, 7) is 3.49. The van der Waals surface area contributed by atoms with Crippen molar-refractivity contribution in [3.05, 3.63) is 24.0 Å². The molecule has 0 spiro atoms. The number of aromatic nitrogens is 1. The van der Waals surface area contributed by atoms with Gasteiger partial charge < -0.3 is 4.57 Å². The molecule has 1 rings (SSSR count). The van der Waals surface area contributed by atoms with Crippen LogP contribution in [0.25, 0.3) is 0 Å². The van der Waals surface area contributed by atoms with Gasteiger partial charge in [0.1, 0.15) is 17.5 Å². The monoisotopic (exact) mass is 176 g/mol. The van der Waals surface area contributed by atoms with Crippen molar-refractivity contribution >= 4 is 5.78 Å². The SMILES string of the molecule is CC(=O)CC(C)n1cccc1C#N. The van der Waals surface area contributed by atoms with E-state index in [1.54, 1.807) is 13.0 Å². The van der Waals surface area contributed by atoms with Gasteiger partial charge in [-0.05, 0) is 26.0 Å². The van der Waals surface area contributed by atoms with Crippen LogP contribution >= 0.6 is 0 Å². The molecule has 0 aliphatic carbocycles. The highest BCUT2D eigenvalue weighted by molar-refractivity contribution is 5.75. The van der Waals surface area contributed by atoms with Gasteiger partial charge in [-0.1, -0.05) is 0 Å². The fourth-order valence-corrected chi connectivity index (χ4v) is 1.39. The molecular weight excluding hydrogens is 164 g/mol. The van der Waals surface area contributed by atoms with Crippen LogP contribution in [0, 0.1) is 11.3 Å². The van der Waals surface area contributed by atoms with Crippen molar-refractivity contribution in [2.24, 2.45) is 0 Å². The average Bonchev–Trinajstić information content (AvgIpc) is 2.49. The normalized spacial score (nSPS) is 12.1. The number of hydrogen-bond donors (Lipinski definition) is 0. The third kappa shape index (κ3) is 2.19. The van der Waals surface area contributed by atoms with Gasteiger partial charge in [0.25, 0.3) is 0 Å². The first-order valence-corrected chi connectivity index (χ1v) is 4.21. The van der Waals surface area contributed by atoms with E-state index in [4.69, 9.17) is 5.26 Å². The van der Waals surface area contributed by atoms with E-state index in [9.17, 15) is 4.79 Å². The lowest BCUT2D eigenvalue weighted by molar-refractivity contribution is -0.117. The third-order valence-electron chi connectivity index (χ3n) is 1.95. The van der Waals surface area contributed by atoms with Crippen LogP contribution in [0.2, 0.25) is 0 Å². The molecule has 1 heterocycles. The summed E-state index contributed by atoms with van der Waals surface area (Å²) in [4.78, 5) is 10.9. The number of rotatable bonds is 3. The first-order chi connectivity index (χ1) is 6.15. The van der Waals surface area contributed by atoms with E-state index < -0.39 is 0 Å². The molecule has 1 aromatic heterocycles. The van der Waals surface area contributed by atoms with Gasteiger partial charge in [-0.3, -0.25) is 4.79 Å². The molecule has 1 atom stereocenters. The standard InChI is InChI=1S/C10H12N2O/c1-8(6-9(2)13)12-5-3-4-10(12)7-11/h3-5,8H,6H2,1-2H3. The van der Waals surface area contributed by atoms with Crippen LogP contribution in [-0.4, -0.2) is 10.4 Å². The van der Waals surface area contributed by atoms with Gasteiger partial charge in [0.15, 0.2) is 0 Å². The lowest BCUT2D eigenvalue weighted by atomic mass is 10.2. The number of carbonyl (C=O) groups is 1. The van der Waals surface area contributed by atoms with Crippen molar-refractivity contribution in [1.82, 2.24) is 4.57 Å². The second-order valence-electron chi connectivity index (χ2n) is 3.17. The van der Waals surface area contributed by atoms with Gasteiger partial charge in [0.05, 0.1) is 0 Å². The minimum atomic E-state index is 0.0714. The largest absolute Gasteiger partial charge is 0.336 e. The topological polar surface area (TPSA) is 45.8 Å². The summed E-state index contributed by atoms with van der Waals surface area (Å²) in [6, 6.07) is 5.71. The van der Waals surface area contributed by atoms with Crippen molar-refractivity contribution < 1.29 is 4.79 Å². The number of carbonyl (C=O) groups excluding carboxylic acids is 1. The molecule has 13 heavy (non-hydrogen) atoms. The molecule has 0 fully saturated rings. The molecule has 3 heteroatoms. The van der Waals surface area contributed by atoms with Crippen LogP contribution < -0.4 is 0 Å². The highest BCUT2D eigenvalue weighted by Crippen LogP contribution is 2.14. The molecular formula is C10H12N2O. The van der Waals surface area contributed by atoms with Crippen molar-refractivity contribution in [3.8, 4) is 6.07 Å². The lowest BCUT2D eigenvalue weighted by Gasteiger charge is -2.12. The minimum Gasteiger partial charge on any atom is -0.336 e. The molecule has 0 saturated carbocycles. The lowest BCUT2D eigenvalue weighted by Crippen LogP contribution is -2.09. The van der Waals surface area contributed by atoms with Crippen LogP contribution in [-0.2, 0) is 4.79 Å². The Morgan fingerprint density at radius 3 is 3.00 bits per heavy atom. The summed E-state index contributed by atoms with van der Waals surface area (Å²) >= 11 is 0. The summed E-state index contributed by atoms with van der Waals surface area (Å²) in [5.41, 5.74) is 0.605. The third-order valence-corrected chi connectivity index (χ3v) is 1.95. The van der Waals surface area contributed by atoms with Crippen LogP contribution in [0.1, 0.15) is 32.0 Å². The maximum atomic E-state index is 10.9. The Morgan fingerprint density at radius 2 is 2.46 bits per heavy atom. The van der Waals surface area contributed by atoms with Crippen LogP contribution in [0.5, 0.6) is 0 Å². The summed E-state index contributed by atoms with van der Waals surface area (Å²) < 4.78 is 1.82. The Bertz CT molecular complexity index is 346. The quantitative estimate of drug-likeness (QED) is 0.706. The van der Waals surface area contributed by atoms with Gasteiger partial charge in [-0.2, -0.15) is 5.26 Å². The van der Waals surface area contributed by atoms with Gasteiger partial charge in [-0.25, -0.2) is 0 Å². The highest BCUT2D eigenvalue weighted by atomic mass is 16.1. The average molecular weight is 176 g/mol. The van der Waals surface area contributed by atoms with Gasteiger partial charge in [0, 0.05) is 18.7 Å². The van der Waals surface area contributed by atoms with E-state index in [2.05, 4.69) is 6.07 Å². The number of Topliss-reactive ketones (excluding diaryl/α,β-unsaturated/α-hetero) is 1. The maximum Gasteiger partial charge on any atom is 0.131 e. The molecule has 0 bridgehead atoms. The Balaban J connectivity index is 2.83. The van der Waals surface area contributed by atoms with E-state index in [1.165, 1.54) is 0 Å². The van der Waals surface area contributed by atoms with E-state index in [0.717, 1.165) is 0 Å². The molecule has 0 aromatic carbocycles. The highest BCUT2D eigenvalue weighted by Gasteiger charge is 2.09. The molecule has 1 unspecified atom stereocenters. The second-order valence-corrected chi connectivity index (χ2v) is 3.17. The number of nitriles is 1. The van der Waals surface area contributed by atoms with Crippen LogP contribution in [0.3, 0.4) is 0 Å². The fraction of sp³-hybridized carbons (Fsp3) is 0.400. The summed E-state index contributed by atoms with van der Waals surface area (Å²) in [5, 5.41) is 8.73. The Labute approximate surface area is 77.6 Å². The molecule has 0 saturated heterocycles. The van der Waals surface area contributed by atoms with Crippen molar-refractivity contribution in [2.75, 3.05) is 0 Å². The first kappa shape index (κ1) is 9.53. The molecule has 1 aromatic rings. The smallest absolute Gasteiger partial charge is 0.131 e. The van der Waals surface area contributed by atoms with E-state index in [0.29, 0.717) is 12.1 Å².